The lowest BCUT2D eigenvalue weighted by Crippen LogP contribution is -2.09. The second-order valence-electron chi connectivity index (χ2n) is 6.11. The largest absolute Gasteiger partial charge is 0.487 e. The number of nitrogens with zero attached hydrogens (tertiary/aromatic N) is 2. The third-order valence-corrected chi connectivity index (χ3v) is 4.54. The number of ether oxygens (including phenoxy) is 2. The molecule has 0 radical (unpaired) electrons. The van der Waals surface area contributed by atoms with E-state index in [4.69, 9.17) is 9.47 Å². The summed E-state index contributed by atoms with van der Waals surface area (Å²) >= 11 is 0. The van der Waals surface area contributed by atoms with Gasteiger partial charge in [-0.05, 0) is 44.5 Å². The van der Waals surface area contributed by atoms with Gasteiger partial charge in [0.1, 0.15) is 18.1 Å². The number of hydrogen-bond donors (Lipinski definition) is 0. The standard InChI is InChI=1S/C20H24N2O2.ClH/c1-14-5-7-17(8-6-14)24-13-19-20-18(9-10-21-19)15(2)16(3)22(20)11-12-23-4;/h5-10H,11-13H2,1-4H3;1H. The maximum atomic E-state index is 5.96. The Bertz CT molecular complexity index is 841. The number of hydrogen-bond acceptors (Lipinski definition) is 3. The maximum absolute atomic E-state index is 5.96. The van der Waals surface area contributed by atoms with Crippen LogP contribution < -0.4 is 4.74 Å². The van der Waals surface area contributed by atoms with E-state index in [-0.39, 0.29) is 12.4 Å². The molecule has 0 aliphatic heterocycles. The van der Waals surface area contributed by atoms with Crippen LogP contribution in [0.25, 0.3) is 10.9 Å². The van der Waals surface area contributed by atoms with Crippen molar-refractivity contribution >= 4 is 23.3 Å². The highest BCUT2D eigenvalue weighted by molar-refractivity contribution is 5.87. The molecule has 0 saturated heterocycles. The molecule has 0 spiro atoms. The van der Waals surface area contributed by atoms with Crippen LogP contribution in [0, 0.1) is 20.8 Å². The van der Waals surface area contributed by atoms with Gasteiger partial charge in [-0.15, -0.1) is 12.4 Å². The highest BCUT2D eigenvalue weighted by Crippen LogP contribution is 2.27. The molecule has 0 amide bonds. The van der Waals surface area contributed by atoms with E-state index < -0.39 is 0 Å². The van der Waals surface area contributed by atoms with E-state index in [1.165, 1.54) is 22.2 Å². The fraction of sp³-hybridized carbons (Fsp3) is 0.350. The van der Waals surface area contributed by atoms with Crippen LogP contribution in [0.4, 0.5) is 0 Å². The van der Waals surface area contributed by atoms with E-state index in [1.807, 2.05) is 18.3 Å². The van der Waals surface area contributed by atoms with Gasteiger partial charge in [0, 0.05) is 30.9 Å². The van der Waals surface area contributed by atoms with Gasteiger partial charge in [-0.2, -0.15) is 0 Å². The van der Waals surface area contributed by atoms with Crippen LogP contribution in [0.5, 0.6) is 5.75 Å². The van der Waals surface area contributed by atoms with Gasteiger partial charge in [-0.3, -0.25) is 4.98 Å². The number of aryl methyl sites for hydroxylation is 2. The fourth-order valence-corrected chi connectivity index (χ4v) is 3.02. The quantitative estimate of drug-likeness (QED) is 0.644. The van der Waals surface area contributed by atoms with Crippen LogP contribution in [-0.4, -0.2) is 23.3 Å². The van der Waals surface area contributed by atoms with Crippen LogP contribution in [0.3, 0.4) is 0 Å². The highest BCUT2D eigenvalue weighted by atomic mass is 35.5. The van der Waals surface area contributed by atoms with Crippen molar-refractivity contribution in [3.8, 4) is 5.75 Å². The summed E-state index contributed by atoms with van der Waals surface area (Å²) in [6.45, 7) is 8.32. The smallest absolute Gasteiger partial charge is 0.132 e. The molecule has 0 fully saturated rings. The Morgan fingerprint density at radius 2 is 1.76 bits per heavy atom. The second kappa shape index (κ2) is 8.37. The Balaban J connectivity index is 0.00000225. The lowest BCUT2D eigenvalue weighted by molar-refractivity contribution is 0.187. The van der Waals surface area contributed by atoms with Crippen molar-refractivity contribution in [1.29, 1.82) is 0 Å². The molecule has 0 aliphatic carbocycles. The lowest BCUT2D eigenvalue weighted by Gasteiger charge is -2.11. The van der Waals surface area contributed by atoms with Gasteiger partial charge in [-0.25, -0.2) is 0 Å². The van der Waals surface area contributed by atoms with Gasteiger partial charge in [0.2, 0.25) is 0 Å². The zero-order valence-electron chi connectivity index (χ0n) is 15.2. The van der Waals surface area contributed by atoms with E-state index in [1.54, 1.807) is 7.11 Å². The average Bonchev–Trinajstić information content (AvgIpc) is 2.84. The van der Waals surface area contributed by atoms with Crippen molar-refractivity contribution in [2.24, 2.45) is 0 Å². The first kappa shape index (κ1) is 19.3. The Morgan fingerprint density at radius 3 is 2.44 bits per heavy atom. The molecular formula is C20H25ClN2O2. The third-order valence-electron chi connectivity index (χ3n) is 4.54. The molecule has 3 rings (SSSR count). The highest BCUT2D eigenvalue weighted by Gasteiger charge is 2.15. The average molecular weight is 361 g/mol. The molecule has 0 N–H and O–H groups in total. The van der Waals surface area contributed by atoms with Gasteiger partial charge in [0.25, 0.3) is 0 Å². The number of pyridine rings is 1. The molecule has 0 unspecified atom stereocenters. The zero-order chi connectivity index (χ0) is 17.1. The summed E-state index contributed by atoms with van der Waals surface area (Å²) in [5.74, 6) is 0.864. The molecular weight excluding hydrogens is 336 g/mol. The minimum atomic E-state index is 0. The summed E-state index contributed by atoms with van der Waals surface area (Å²) < 4.78 is 13.5. The molecule has 0 bridgehead atoms. The predicted octanol–water partition coefficient (Wildman–Crippen LogP) is 4.61. The lowest BCUT2D eigenvalue weighted by atomic mass is 10.2. The number of halogens is 1. The van der Waals surface area contributed by atoms with Gasteiger partial charge in [-0.1, -0.05) is 17.7 Å². The second-order valence-corrected chi connectivity index (χ2v) is 6.11. The number of methoxy groups -OCH3 is 1. The monoisotopic (exact) mass is 360 g/mol. The molecule has 25 heavy (non-hydrogen) atoms. The van der Waals surface area contributed by atoms with Crippen molar-refractivity contribution in [1.82, 2.24) is 9.55 Å². The first-order valence-electron chi connectivity index (χ1n) is 8.23. The van der Waals surface area contributed by atoms with Crippen LogP contribution in [0.15, 0.2) is 36.5 Å². The van der Waals surface area contributed by atoms with Gasteiger partial charge in [0.05, 0.1) is 12.1 Å². The summed E-state index contributed by atoms with van der Waals surface area (Å²) in [6.07, 6.45) is 1.86. The Kier molecular flexibility index (Phi) is 6.45. The molecule has 0 saturated carbocycles. The van der Waals surface area contributed by atoms with E-state index in [0.29, 0.717) is 13.2 Å². The first-order valence-corrected chi connectivity index (χ1v) is 8.23. The number of fused-ring (bicyclic) bond motifs is 1. The number of rotatable bonds is 6. The normalized spacial score (nSPS) is 10.7. The van der Waals surface area contributed by atoms with Crippen LogP contribution in [0.2, 0.25) is 0 Å². The minimum Gasteiger partial charge on any atom is -0.487 e. The molecule has 5 heteroatoms. The van der Waals surface area contributed by atoms with Crippen LogP contribution in [-0.2, 0) is 17.9 Å². The molecule has 1 aromatic carbocycles. The van der Waals surface area contributed by atoms with Crippen LogP contribution in [0.1, 0.15) is 22.5 Å². The van der Waals surface area contributed by atoms with E-state index in [0.717, 1.165) is 23.5 Å². The molecule has 0 aliphatic rings. The first-order chi connectivity index (χ1) is 11.6. The molecule has 0 atom stereocenters. The SMILES string of the molecule is COCCn1c(C)c(C)c2ccnc(COc3ccc(C)cc3)c21.Cl. The summed E-state index contributed by atoms with van der Waals surface area (Å²) in [5.41, 5.74) is 5.88. The Labute approximate surface area is 155 Å². The number of benzene rings is 1. The Hall–Kier alpha value is -2.04. The summed E-state index contributed by atoms with van der Waals surface area (Å²) in [4.78, 5) is 4.58. The van der Waals surface area contributed by atoms with Gasteiger partial charge in [0.15, 0.2) is 0 Å². The van der Waals surface area contributed by atoms with Crippen molar-refractivity contribution in [2.75, 3.05) is 13.7 Å². The number of aromatic nitrogens is 2. The third kappa shape index (κ3) is 3.97. The molecule has 3 aromatic rings. The van der Waals surface area contributed by atoms with Gasteiger partial charge < -0.3 is 14.0 Å². The van der Waals surface area contributed by atoms with Gasteiger partial charge >= 0.3 is 0 Å². The van der Waals surface area contributed by atoms with Crippen LogP contribution >= 0.6 is 12.4 Å². The summed E-state index contributed by atoms with van der Waals surface area (Å²) in [7, 11) is 1.73. The summed E-state index contributed by atoms with van der Waals surface area (Å²) in [6, 6.07) is 10.2. The van der Waals surface area contributed by atoms with E-state index in [2.05, 4.69) is 48.5 Å². The van der Waals surface area contributed by atoms with Crippen molar-refractivity contribution < 1.29 is 9.47 Å². The maximum Gasteiger partial charge on any atom is 0.132 e. The van der Waals surface area contributed by atoms with Crippen molar-refractivity contribution in [3.63, 3.8) is 0 Å². The predicted molar refractivity (Wildman–Crippen MR) is 104 cm³/mol. The van der Waals surface area contributed by atoms with Crippen molar-refractivity contribution in [3.05, 3.63) is 59.0 Å². The molecule has 2 aromatic heterocycles. The van der Waals surface area contributed by atoms with E-state index >= 15 is 0 Å². The summed E-state index contributed by atoms with van der Waals surface area (Å²) in [5, 5.41) is 1.24. The Morgan fingerprint density at radius 1 is 1.04 bits per heavy atom. The molecule has 134 valence electrons. The molecule has 2 heterocycles. The van der Waals surface area contributed by atoms with E-state index in [9.17, 15) is 0 Å². The zero-order valence-corrected chi connectivity index (χ0v) is 16.0. The molecule has 4 nitrogen and oxygen atoms in total. The topological polar surface area (TPSA) is 36.3 Å². The minimum absolute atomic E-state index is 0. The van der Waals surface area contributed by atoms with Crippen molar-refractivity contribution in [2.45, 2.75) is 33.9 Å². The fourth-order valence-electron chi connectivity index (χ4n) is 3.02.